The van der Waals surface area contributed by atoms with Gasteiger partial charge in [-0.25, -0.2) is 23.1 Å². The number of pyridine rings is 1. The van der Waals surface area contributed by atoms with Gasteiger partial charge in [0.15, 0.2) is 0 Å². The van der Waals surface area contributed by atoms with E-state index in [1.165, 1.54) is 25.1 Å². The first-order valence-corrected chi connectivity index (χ1v) is 9.05. The minimum absolute atomic E-state index is 0.0798. The number of nitrogens with two attached hydrogens (primary N) is 1. The zero-order valence-electron chi connectivity index (χ0n) is 10.9. The van der Waals surface area contributed by atoms with E-state index in [4.69, 9.17) is 17.3 Å². The third kappa shape index (κ3) is 3.34. The zero-order chi connectivity index (χ0) is 15.0. The molecule has 112 valence electrons. The van der Waals surface area contributed by atoms with E-state index in [0.29, 0.717) is 11.6 Å². The maximum absolute atomic E-state index is 12.2. The highest BCUT2D eigenvalue weighted by molar-refractivity contribution is 7.89. The van der Waals surface area contributed by atoms with E-state index in [1.54, 1.807) is 11.3 Å². The maximum atomic E-state index is 12.2. The minimum Gasteiger partial charge on any atom is -0.383 e. The van der Waals surface area contributed by atoms with Gasteiger partial charge < -0.3 is 5.73 Å². The summed E-state index contributed by atoms with van der Waals surface area (Å²) in [5, 5.41) is 3.16. The van der Waals surface area contributed by atoms with Crippen molar-refractivity contribution in [3.05, 3.63) is 33.4 Å². The van der Waals surface area contributed by atoms with Gasteiger partial charge in [-0.2, -0.15) is 0 Å². The zero-order valence-corrected chi connectivity index (χ0v) is 13.3. The normalized spacial score (nSPS) is 15.3. The average molecular weight is 345 g/mol. The smallest absolute Gasteiger partial charge is 0.244 e. The fourth-order valence-corrected chi connectivity index (χ4v) is 4.13. The van der Waals surface area contributed by atoms with Crippen LogP contribution >= 0.6 is 22.9 Å². The molecule has 0 atom stereocenters. The molecule has 0 saturated heterocycles. The first kappa shape index (κ1) is 14.7. The summed E-state index contributed by atoms with van der Waals surface area (Å²) >= 11 is 7.33. The lowest BCUT2D eigenvalue weighted by molar-refractivity contribution is 0.580. The standard InChI is InChI=1S/C12H13ClN4O2S2/c13-8-3-10(11(14)15-4-8)21(18,19)16-5-9-6-20-12(17-9)7-1-2-7/h3-4,6-7,16H,1-2,5H2,(H2,14,15). The van der Waals surface area contributed by atoms with Crippen molar-refractivity contribution in [2.24, 2.45) is 0 Å². The third-order valence-electron chi connectivity index (χ3n) is 3.08. The van der Waals surface area contributed by atoms with Crippen LogP contribution in [-0.4, -0.2) is 18.4 Å². The van der Waals surface area contributed by atoms with E-state index in [9.17, 15) is 8.42 Å². The quantitative estimate of drug-likeness (QED) is 0.865. The van der Waals surface area contributed by atoms with Gasteiger partial charge >= 0.3 is 0 Å². The van der Waals surface area contributed by atoms with Crippen molar-refractivity contribution in [1.29, 1.82) is 0 Å². The van der Waals surface area contributed by atoms with Crippen molar-refractivity contribution >= 4 is 38.8 Å². The van der Waals surface area contributed by atoms with Gasteiger partial charge in [0.1, 0.15) is 10.7 Å². The Bertz CT molecular complexity index is 771. The summed E-state index contributed by atoms with van der Waals surface area (Å²) in [5.41, 5.74) is 6.30. The molecule has 0 amide bonds. The van der Waals surface area contributed by atoms with Crippen molar-refractivity contribution in [3.63, 3.8) is 0 Å². The minimum atomic E-state index is -3.76. The number of nitrogens with zero attached hydrogens (tertiary/aromatic N) is 2. The molecule has 1 saturated carbocycles. The SMILES string of the molecule is Nc1ncc(Cl)cc1S(=O)(=O)NCc1csc(C2CC2)n1. The molecule has 6 nitrogen and oxygen atoms in total. The molecule has 0 spiro atoms. The number of rotatable bonds is 5. The fourth-order valence-electron chi connectivity index (χ4n) is 1.81. The van der Waals surface area contributed by atoms with E-state index in [-0.39, 0.29) is 22.3 Å². The molecule has 1 aliphatic rings. The number of nitrogens with one attached hydrogen (secondary N) is 1. The molecule has 2 aromatic rings. The van der Waals surface area contributed by atoms with Crippen LogP contribution in [0.25, 0.3) is 0 Å². The summed E-state index contributed by atoms with van der Waals surface area (Å²) in [5.74, 6) is 0.483. The fraction of sp³-hybridized carbons (Fsp3) is 0.333. The monoisotopic (exact) mass is 344 g/mol. The number of halogens is 1. The van der Waals surface area contributed by atoms with Gasteiger partial charge in [0, 0.05) is 17.5 Å². The summed E-state index contributed by atoms with van der Waals surface area (Å²) in [6.45, 7) is 0.123. The Morgan fingerprint density at radius 1 is 1.48 bits per heavy atom. The number of anilines is 1. The van der Waals surface area contributed by atoms with Crippen LogP contribution in [0.4, 0.5) is 5.82 Å². The van der Waals surface area contributed by atoms with Crippen LogP contribution in [0, 0.1) is 0 Å². The molecule has 0 bridgehead atoms. The summed E-state index contributed by atoms with van der Waals surface area (Å²) in [6, 6.07) is 1.28. The average Bonchev–Trinajstić information content (AvgIpc) is 3.18. The van der Waals surface area contributed by atoms with Crippen LogP contribution in [0.2, 0.25) is 5.02 Å². The van der Waals surface area contributed by atoms with Gasteiger partial charge in [-0.05, 0) is 18.9 Å². The Labute approximate surface area is 131 Å². The molecule has 9 heteroatoms. The van der Waals surface area contributed by atoms with E-state index in [0.717, 1.165) is 5.01 Å². The topological polar surface area (TPSA) is 98.0 Å². The van der Waals surface area contributed by atoms with Gasteiger partial charge in [0.2, 0.25) is 10.0 Å². The highest BCUT2D eigenvalue weighted by Gasteiger charge is 2.27. The van der Waals surface area contributed by atoms with Gasteiger partial charge in [0.25, 0.3) is 0 Å². The number of nitrogen functional groups attached to an aromatic ring is 1. The van der Waals surface area contributed by atoms with E-state index >= 15 is 0 Å². The molecule has 3 rings (SSSR count). The number of sulfonamides is 1. The Kier molecular flexibility index (Phi) is 3.87. The molecule has 21 heavy (non-hydrogen) atoms. The molecule has 2 heterocycles. The van der Waals surface area contributed by atoms with Crippen molar-refractivity contribution in [2.75, 3.05) is 5.73 Å². The second-order valence-electron chi connectivity index (χ2n) is 4.81. The maximum Gasteiger partial charge on any atom is 0.244 e. The molecule has 0 radical (unpaired) electrons. The molecular weight excluding hydrogens is 332 g/mol. The highest BCUT2D eigenvalue weighted by Crippen LogP contribution is 2.41. The first-order chi connectivity index (χ1) is 9.95. The van der Waals surface area contributed by atoms with Crippen molar-refractivity contribution in [2.45, 2.75) is 30.2 Å². The van der Waals surface area contributed by atoms with Crippen LogP contribution in [0.15, 0.2) is 22.5 Å². The van der Waals surface area contributed by atoms with Crippen LogP contribution < -0.4 is 10.5 Å². The number of thiazole rings is 1. The molecular formula is C12H13ClN4O2S2. The second kappa shape index (κ2) is 5.53. The Hall–Kier alpha value is -1.22. The number of aromatic nitrogens is 2. The van der Waals surface area contributed by atoms with Gasteiger partial charge in [0.05, 0.1) is 22.3 Å². The lowest BCUT2D eigenvalue weighted by atomic mass is 10.4. The highest BCUT2D eigenvalue weighted by atomic mass is 35.5. The molecule has 2 aromatic heterocycles. The number of hydrogen-bond acceptors (Lipinski definition) is 6. The van der Waals surface area contributed by atoms with Crippen molar-refractivity contribution < 1.29 is 8.42 Å². The largest absolute Gasteiger partial charge is 0.383 e. The summed E-state index contributed by atoms with van der Waals surface area (Å²) < 4.78 is 26.9. The van der Waals surface area contributed by atoms with Crippen LogP contribution in [-0.2, 0) is 16.6 Å². The van der Waals surface area contributed by atoms with Crippen LogP contribution in [0.3, 0.4) is 0 Å². The van der Waals surface area contributed by atoms with E-state index in [1.807, 2.05) is 5.38 Å². The first-order valence-electron chi connectivity index (χ1n) is 6.31. The Morgan fingerprint density at radius 2 is 2.24 bits per heavy atom. The molecule has 0 unspecified atom stereocenters. The predicted octanol–water partition coefficient (Wildman–Crippen LogP) is 2.13. The van der Waals surface area contributed by atoms with Crippen LogP contribution in [0.1, 0.15) is 29.5 Å². The summed E-state index contributed by atoms with van der Waals surface area (Å²) in [4.78, 5) is 8.06. The van der Waals surface area contributed by atoms with Gasteiger partial charge in [-0.15, -0.1) is 11.3 Å². The third-order valence-corrected chi connectivity index (χ3v) is 5.77. The summed E-state index contributed by atoms with van der Waals surface area (Å²) in [6.07, 6.45) is 3.64. The lowest BCUT2D eigenvalue weighted by Crippen LogP contribution is -2.24. The van der Waals surface area contributed by atoms with Crippen molar-refractivity contribution in [1.82, 2.24) is 14.7 Å². The molecule has 0 aromatic carbocycles. The molecule has 1 fully saturated rings. The predicted molar refractivity (Wildman–Crippen MR) is 81.8 cm³/mol. The lowest BCUT2D eigenvalue weighted by Gasteiger charge is -2.07. The molecule has 1 aliphatic carbocycles. The number of hydrogen-bond donors (Lipinski definition) is 2. The summed E-state index contributed by atoms with van der Waals surface area (Å²) in [7, 11) is -3.76. The van der Waals surface area contributed by atoms with E-state index < -0.39 is 10.0 Å². The second-order valence-corrected chi connectivity index (χ2v) is 7.87. The van der Waals surface area contributed by atoms with Crippen molar-refractivity contribution in [3.8, 4) is 0 Å². The Morgan fingerprint density at radius 3 is 2.95 bits per heavy atom. The Balaban J connectivity index is 1.74. The van der Waals surface area contributed by atoms with Crippen LogP contribution in [0.5, 0.6) is 0 Å². The van der Waals surface area contributed by atoms with Gasteiger partial charge in [-0.1, -0.05) is 11.6 Å². The van der Waals surface area contributed by atoms with E-state index in [2.05, 4.69) is 14.7 Å². The van der Waals surface area contributed by atoms with Gasteiger partial charge in [-0.3, -0.25) is 0 Å². The molecule has 3 N–H and O–H groups in total. The molecule has 0 aliphatic heterocycles.